The van der Waals surface area contributed by atoms with Gasteiger partial charge in [-0.2, -0.15) is 0 Å². The minimum absolute atomic E-state index is 0.258. The van der Waals surface area contributed by atoms with E-state index in [2.05, 4.69) is 9.97 Å². The van der Waals surface area contributed by atoms with Gasteiger partial charge in [-0.3, -0.25) is 14.3 Å². The van der Waals surface area contributed by atoms with Crippen LogP contribution in [0, 0.1) is 6.92 Å². The van der Waals surface area contributed by atoms with Crippen molar-refractivity contribution in [1.29, 1.82) is 0 Å². The Hall–Kier alpha value is -2.69. The molecule has 0 aliphatic heterocycles. The third kappa shape index (κ3) is 1.85. The number of hydrogen-bond donors (Lipinski definition) is 1. The molecule has 19 heavy (non-hydrogen) atoms. The Morgan fingerprint density at radius 2 is 1.89 bits per heavy atom. The van der Waals surface area contributed by atoms with Gasteiger partial charge in [-0.1, -0.05) is 18.2 Å². The number of nitrogens with one attached hydrogen (secondary N) is 1. The molecular weight excluding hydrogens is 242 g/mol. The second-order valence-corrected chi connectivity index (χ2v) is 4.31. The molecule has 1 N–H and O–H groups in total. The van der Waals surface area contributed by atoms with Gasteiger partial charge in [-0.25, -0.2) is 9.78 Å². The van der Waals surface area contributed by atoms with Crippen molar-refractivity contribution in [2.75, 3.05) is 0 Å². The predicted octanol–water partition coefficient (Wildman–Crippen LogP) is 1.38. The van der Waals surface area contributed by atoms with E-state index in [1.807, 2.05) is 37.3 Å². The van der Waals surface area contributed by atoms with Crippen molar-refractivity contribution in [2.45, 2.75) is 6.92 Å². The predicted molar refractivity (Wildman–Crippen MR) is 72.7 cm³/mol. The number of benzene rings is 1. The molecule has 0 radical (unpaired) electrons. The van der Waals surface area contributed by atoms with E-state index in [0.717, 1.165) is 5.56 Å². The fraction of sp³-hybridized carbons (Fsp3) is 0.0714. The van der Waals surface area contributed by atoms with Gasteiger partial charge in [-0.15, -0.1) is 0 Å². The van der Waals surface area contributed by atoms with Crippen molar-refractivity contribution in [3.8, 4) is 5.69 Å². The normalized spacial score (nSPS) is 10.8. The van der Waals surface area contributed by atoms with E-state index in [1.165, 1.54) is 4.57 Å². The Kier molecular flexibility index (Phi) is 2.52. The molecule has 0 aliphatic rings. The number of aryl methyl sites for hydroxylation is 1. The molecule has 3 rings (SSSR count). The summed E-state index contributed by atoms with van der Waals surface area (Å²) in [4.78, 5) is 30.2. The Labute approximate surface area is 108 Å². The first kappa shape index (κ1) is 11.4. The van der Waals surface area contributed by atoms with Gasteiger partial charge in [0.2, 0.25) is 0 Å². The quantitative estimate of drug-likeness (QED) is 0.712. The first-order valence-electron chi connectivity index (χ1n) is 5.84. The summed E-state index contributed by atoms with van der Waals surface area (Å²) in [5.74, 6) is 0. The van der Waals surface area contributed by atoms with Gasteiger partial charge in [0.05, 0.1) is 11.2 Å². The van der Waals surface area contributed by atoms with E-state index in [4.69, 9.17) is 0 Å². The minimum atomic E-state index is -0.466. The van der Waals surface area contributed by atoms with Crippen LogP contribution in [-0.4, -0.2) is 14.5 Å². The molecule has 0 fully saturated rings. The zero-order valence-corrected chi connectivity index (χ0v) is 10.3. The van der Waals surface area contributed by atoms with E-state index in [1.54, 1.807) is 12.3 Å². The maximum Gasteiger partial charge on any atom is 0.333 e. The average Bonchev–Trinajstić information content (AvgIpc) is 2.39. The zero-order valence-electron chi connectivity index (χ0n) is 10.3. The molecule has 0 saturated heterocycles. The second-order valence-electron chi connectivity index (χ2n) is 4.31. The van der Waals surface area contributed by atoms with Crippen LogP contribution in [0.15, 0.2) is 52.2 Å². The number of para-hydroxylation sites is 1. The lowest BCUT2D eigenvalue weighted by molar-refractivity contribution is 0.935. The Morgan fingerprint density at radius 3 is 2.63 bits per heavy atom. The summed E-state index contributed by atoms with van der Waals surface area (Å²) in [5, 5.41) is 0. The summed E-state index contributed by atoms with van der Waals surface area (Å²) in [5.41, 5.74) is 1.43. The number of nitrogens with zero attached hydrogens (tertiary/aromatic N) is 2. The number of H-pyrrole nitrogens is 1. The molecule has 0 spiro atoms. The third-order valence-electron chi connectivity index (χ3n) is 2.90. The van der Waals surface area contributed by atoms with Gasteiger partial charge >= 0.3 is 5.69 Å². The van der Waals surface area contributed by atoms with Crippen LogP contribution in [0.1, 0.15) is 5.56 Å². The molecule has 0 atom stereocenters. The zero-order chi connectivity index (χ0) is 13.4. The molecule has 0 bridgehead atoms. The van der Waals surface area contributed by atoms with Crippen LogP contribution < -0.4 is 11.2 Å². The second kappa shape index (κ2) is 4.20. The summed E-state index contributed by atoms with van der Waals surface area (Å²) < 4.78 is 1.46. The Balaban J connectivity index is 2.51. The molecule has 0 unspecified atom stereocenters. The largest absolute Gasteiger partial charge is 0.333 e. The molecule has 2 aromatic heterocycles. The van der Waals surface area contributed by atoms with Gasteiger partial charge in [-0.05, 0) is 30.7 Å². The number of aromatic amines is 1. The van der Waals surface area contributed by atoms with Gasteiger partial charge in [0.1, 0.15) is 0 Å². The van der Waals surface area contributed by atoms with Crippen LogP contribution in [-0.2, 0) is 0 Å². The van der Waals surface area contributed by atoms with Gasteiger partial charge < -0.3 is 0 Å². The molecule has 5 nitrogen and oxygen atoms in total. The first-order chi connectivity index (χ1) is 9.16. The molecule has 1 aromatic carbocycles. The van der Waals surface area contributed by atoms with Crippen LogP contribution in [0.25, 0.3) is 16.7 Å². The van der Waals surface area contributed by atoms with E-state index in [-0.39, 0.29) is 5.52 Å². The van der Waals surface area contributed by atoms with Gasteiger partial charge in [0.15, 0.2) is 5.52 Å². The molecule has 0 amide bonds. The highest BCUT2D eigenvalue weighted by molar-refractivity contribution is 5.75. The maximum absolute atomic E-state index is 12.0. The van der Waals surface area contributed by atoms with Crippen LogP contribution in [0.3, 0.4) is 0 Å². The first-order valence-corrected chi connectivity index (χ1v) is 5.84. The van der Waals surface area contributed by atoms with E-state index in [9.17, 15) is 9.59 Å². The maximum atomic E-state index is 12.0. The fourth-order valence-electron chi connectivity index (χ4n) is 2.05. The molecule has 94 valence electrons. The minimum Gasteiger partial charge on any atom is -0.272 e. The lowest BCUT2D eigenvalue weighted by Gasteiger charge is -2.09. The van der Waals surface area contributed by atoms with E-state index < -0.39 is 11.2 Å². The summed E-state index contributed by atoms with van der Waals surface area (Å²) in [6.07, 6.45) is 1.61. The van der Waals surface area contributed by atoms with Crippen molar-refractivity contribution in [2.24, 2.45) is 0 Å². The number of fused-ring (bicyclic) bond motifs is 1. The topological polar surface area (TPSA) is 67.8 Å². The van der Waals surface area contributed by atoms with Crippen molar-refractivity contribution in [3.63, 3.8) is 0 Å². The highest BCUT2D eigenvalue weighted by atomic mass is 16.2. The van der Waals surface area contributed by atoms with Crippen molar-refractivity contribution in [3.05, 3.63) is 69.0 Å². The van der Waals surface area contributed by atoms with Crippen molar-refractivity contribution in [1.82, 2.24) is 14.5 Å². The summed E-state index contributed by atoms with van der Waals surface area (Å²) >= 11 is 0. The number of rotatable bonds is 1. The summed E-state index contributed by atoms with van der Waals surface area (Å²) in [6, 6.07) is 10.9. The van der Waals surface area contributed by atoms with Crippen LogP contribution in [0.4, 0.5) is 0 Å². The lowest BCUT2D eigenvalue weighted by atomic mass is 10.2. The highest BCUT2D eigenvalue weighted by Crippen LogP contribution is 2.12. The Morgan fingerprint density at radius 1 is 1.16 bits per heavy atom. The Bertz CT molecular complexity index is 863. The monoisotopic (exact) mass is 253 g/mol. The smallest absolute Gasteiger partial charge is 0.272 e. The van der Waals surface area contributed by atoms with Crippen LogP contribution in [0.2, 0.25) is 0 Å². The standard InChI is InChI=1S/C14H11N3O2/c1-9-7-11-12(15-8-9)13(18)16-14(19)17(11)10-5-3-2-4-6-10/h2-8H,1H3,(H,16,18,19). The SMILES string of the molecule is Cc1cnc2c(=O)[nH]c(=O)n(-c3ccccc3)c2c1. The molecule has 0 aliphatic carbocycles. The average molecular weight is 253 g/mol. The van der Waals surface area contributed by atoms with Crippen LogP contribution >= 0.6 is 0 Å². The third-order valence-corrected chi connectivity index (χ3v) is 2.90. The van der Waals surface area contributed by atoms with Gasteiger partial charge in [0, 0.05) is 6.20 Å². The van der Waals surface area contributed by atoms with E-state index in [0.29, 0.717) is 11.2 Å². The molecule has 5 heteroatoms. The molecule has 0 saturated carbocycles. The fourth-order valence-corrected chi connectivity index (χ4v) is 2.05. The van der Waals surface area contributed by atoms with Gasteiger partial charge in [0.25, 0.3) is 5.56 Å². The molecule has 2 heterocycles. The summed E-state index contributed by atoms with van der Waals surface area (Å²) in [7, 11) is 0. The van der Waals surface area contributed by atoms with Crippen molar-refractivity contribution >= 4 is 11.0 Å². The number of hydrogen-bond acceptors (Lipinski definition) is 3. The molecular formula is C14H11N3O2. The highest BCUT2D eigenvalue weighted by Gasteiger charge is 2.09. The molecule has 3 aromatic rings. The van der Waals surface area contributed by atoms with E-state index >= 15 is 0 Å². The summed E-state index contributed by atoms with van der Waals surface area (Å²) in [6.45, 7) is 1.87. The number of pyridine rings is 1. The van der Waals surface area contributed by atoms with Crippen molar-refractivity contribution < 1.29 is 0 Å². The number of aromatic nitrogens is 3. The lowest BCUT2D eigenvalue weighted by Crippen LogP contribution is -2.29. The van der Waals surface area contributed by atoms with Crippen LogP contribution in [0.5, 0.6) is 0 Å².